The fourth-order valence-corrected chi connectivity index (χ4v) is 2.78. The van der Waals surface area contributed by atoms with Crippen molar-refractivity contribution in [3.05, 3.63) is 42.7 Å². The standard InChI is InChI=1S/C17H21N3/c1-13-6-9-20(10-7-13)15-4-5-17(18)16(11-15)14-3-2-8-19-12-14/h2-5,8,11-13H,6-7,9-10,18H2,1H3. The number of nitrogens with two attached hydrogens (primary N) is 1. The maximum Gasteiger partial charge on any atom is 0.0395 e. The van der Waals surface area contributed by atoms with Crippen molar-refractivity contribution in [2.45, 2.75) is 19.8 Å². The molecule has 20 heavy (non-hydrogen) atoms. The number of aromatic nitrogens is 1. The predicted molar refractivity (Wildman–Crippen MR) is 84.7 cm³/mol. The number of piperidine rings is 1. The summed E-state index contributed by atoms with van der Waals surface area (Å²) in [6.07, 6.45) is 6.20. The van der Waals surface area contributed by atoms with Gasteiger partial charge in [0.05, 0.1) is 0 Å². The van der Waals surface area contributed by atoms with Crippen LogP contribution >= 0.6 is 0 Å². The second-order valence-corrected chi connectivity index (χ2v) is 5.68. The Morgan fingerprint density at radius 1 is 1.20 bits per heavy atom. The molecule has 0 saturated carbocycles. The summed E-state index contributed by atoms with van der Waals surface area (Å²) in [6, 6.07) is 10.3. The molecule has 2 heterocycles. The van der Waals surface area contributed by atoms with Gasteiger partial charge in [-0.3, -0.25) is 4.98 Å². The van der Waals surface area contributed by atoms with E-state index in [1.807, 2.05) is 18.3 Å². The van der Waals surface area contributed by atoms with Gasteiger partial charge in [-0.2, -0.15) is 0 Å². The number of anilines is 2. The van der Waals surface area contributed by atoms with Gasteiger partial charge in [-0.25, -0.2) is 0 Å². The number of hydrogen-bond donors (Lipinski definition) is 1. The highest BCUT2D eigenvalue weighted by Crippen LogP contribution is 2.31. The molecule has 3 heteroatoms. The van der Waals surface area contributed by atoms with Crippen LogP contribution in [0.15, 0.2) is 42.7 Å². The normalized spacial score (nSPS) is 16.4. The van der Waals surface area contributed by atoms with Crippen LogP contribution in [0.1, 0.15) is 19.8 Å². The lowest BCUT2D eigenvalue weighted by molar-refractivity contribution is 0.438. The molecule has 0 radical (unpaired) electrons. The van der Waals surface area contributed by atoms with E-state index in [-0.39, 0.29) is 0 Å². The van der Waals surface area contributed by atoms with Crippen LogP contribution in [0.3, 0.4) is 0 Å². The molecule has 0 unspecified atom stereocenters. The van der Waals surface area contributed by atoms with Gasteiger partial charge in [-0.05, 0) is 43.0 Å². The number of nitrogen functional groups attached to an aromatic ring is 1. The first-order chi connectivity index (χ1) is 9.74. The molecule has 3 nitrogen and oxygen atoms in total. The molecule has 2 N–H and O–H groups in total. The predicted octanol–water partition coefficient (Wildman–Crippen LogP) is 3.57. The van der Waals surface area contributed by atoms with Crippen LogP contribution in [-0.2, 0) is 0 Å². The second kappa shape index (κ2) is 5.53. The van der Waals surface area contributed by atoms with E-state index in [2.05, 4.69) is 35.0 Å². The summed E-state index contributed by atoms with van der Waals surface area (Å²) in [5, 5.41) is 0. The first-order valence-corrected chi connectivity index (χ1v) is 7.29. The summed E-state index contributed by atoms with van der Waals surface area (Å²) < 4.78 is 0. The summed E-state index contributed by atoms with van der Waals surface area (Å²) in [5.74, 6) is 0.845. The van der Waals surface area contributed by atoms with E-state index >= 15 is 0 Å². The van der Waals surface area contributed by atoms with Gasteiger partial charge in [0, 0.05) is 48.0 Å². The van der Waals surface area contributed by atoms with E-state index in [4.69, 9.17) is 5.73 Å². The minimum atomic E-state index is 0.812. The van der Waals surface area contributed by atoms with E-state index in [0.717, 1.165) is 35.8 Å². The van der Waals surface area contributed by atoms with Crippen molar-refractivity contribution in [2.75, 3.05) is 23.7 Å². The second-order valence-electron chi connectivity index (χ2n) is 5.68. The van der Waals surface area contributed by atoms with Gasteiger partial charge < -0.3 is 10.6 Å². The molecule has 104 valence electrons. The fraction of sp³-hybridized carbons (Fsp3) is 0.353. The zero-order valence-electron chi connectivity index (χ0n) is 11.9. The first kappa shape index (κ1) is 13.0. The van der Waals surface area contributed by atoms with Crippen molar-refractivity contribution in [1.29, 1.82) is 0 Å². The number of pyridine rings is 1. The number of hydrogen-bond acceptors (Lipinski definition) is 3. The number of rotatable bonds is 2. The highest BCUT2D eigenvalue weighted by molar-refractivity contribution is 5.79. The molecule has 1 aliphatic rings. The smallest absolute Gasteiger partial charge is 0.0395 e. The van der Waals surface area contributed by atoms with Gasteiger partial charge >= 0.3 is 0 Å². The van der Waals surface area contributed by atoms with E-state index in [9.17, 15) is 0 Å². The molecule has 0 bridgehead atoms. The molecule has 0 aliphatic carbocycles. The molecule has 0 spiro atoms. The third-order valence-electron chi connectivity index (χ3n) is 4.16. The van der Waals surface area contributed by atoms with E-state index < -0.39 is 0 Å². The first-order valence-electron chi connectivity index (χ1n) is 7.29. The SMILES string of the molecule is CC1CCN(c2ccc(N)c(-c3cccnc3)c2)CC1. The summed E-state index contributed by atoms with van der Waals surface area (Å²) in [4.78, 5) is 6.64. The van der Waals surface area contributed by atoms with E-state index in [1.165, 1.54) is 18.5 Å². The molecule has 0 atom stereocenters. The number of nitrogens with zero attached hydrogens (tertiary/aromatic N) is 2. The Morgan fingerprint density at radius 2 is 2.00 bits per heavy atom. The zero-order valence-corrected chi connectivity index (χ0v) is 11.9. The summed E-state index contributed by atoms with van der Waals surface area (Å²) in [6.45, 7) is 4.61. The molecule has 2 aromatic rings. The average molecular weight is 267 g/mol. The van der Waals surface area contributed by atoms with Gasteiger partial charge in [-0.1, -0.05) is 13.0 Å². The average Bonchev–Trinajstić information content (AvgIpc) is 2.50. The minimum absolute atomic E-state index is 0.812. The lowest BCUT2D eigenvalue weighted by Crippen LogP contribution is -2.32. The van der Waals surface area contributed by atoms with E-state index in [1.54, 1.807) is 6.20 Å². The molecular formula is C17H21N3. The third kappa shape index (κ3) is 2.62. The van der Waals surface area contributed by atoms with Crippen molar-refractivity contribution in [3.8, 4) is 11.1 Å². The zero-order chi connectivity index (χ0) is 13.9. The Labute approximate surface area is 120 Å². The molecular weight excluding hydrogens is 246 g/mol. The Kier molecular flexibility index (Phi) is 3.59. The van der Waals surface area contributed by atoms with Gasteiger partial charge in [-0.15, -0.1) is 0 Å². The lowest BCUT2D eigenvalue weighted by atomic mass is 9.98. The van der Waals surface area contributed by atoms with Crippen LogP contribution < -0.4 is 10.6 Å². The molecule has 1 aromatic heterocycles. The molecule has 1 aromatic carbocycles. The lowest BCUT2D eigenvalue weighted by Gasteiger charge is -2.32. The van der Waals surface area contributed by atoms with Crippen LogP contribution in [0, 0.1) is 5.92 Å². The Hall–Kier alpha value is -2.03. The van der Waals surface area contributed by atoms with Gasteiger partial charge in [0.1, 0.15) is 0 Å². The van der Waals surface area contributed by atoms with Crippen molar-refractivity contribution < 1.29 is 0 Å². The van der Waals surface area contributed by atoms with E-state index in [0.29, 0.717) is 0 Å². The Balaban J connectivity index is 1.91. The molecule has 3 rings (SSSR count). The Bertz CT molecular complexity index is 572. The summed E-state index contributed by atoms with van der Waals surface area (Å²) in [7, 11) is 0. The fourth-order valence-electron chi connectivity index (χ4n) is 2.78. The number of benzene rings is 1. The van der Waals surface area contributed by atoms with Gasteiger partial charge in [0.2, 0.25) is 0 Å². The molecule has 0 amide bonds. The van der Waals surface area contributed by atoms with Crippen LogP contribution in [0.5, 0.6) is 0 Å². The minimum Gasteiger partial charge on any atom is -0.398 e. The van der Waals surface area contributed by atoms with Crippen LogP contribution in [0.25, 0.3) is 11.1 Å². The topological polar surface area (TPSA) is 42.1 Å². The maximum atomic E-state index is 6.13. The monoisotopic (exact) mass is 267 g/mol. The molecule has 1 aliphatic heterocycles. The quantitative estimate of drug-likeness (QED) is 0.846. The third-order valence-corrected chi connectivity index (χ3v) is 4.16. The van der Waals surface area contributed by atoms with Crippen molar-refractivity contribution in [1.82, 2.24) is 4.98 Å². The van der Waals surface area contributed by atoms with Crippen molar-refractivity contribution >= 4 is 11.4 Å². The van der Waals surface area contributed by atoms with Crippen molar-refractivity contribution in [2.24, 2.45) is 5.92 Å². The summed E-state index contributed by atoms with van der Waals surface area (Å²) in [5.41, 5.74) is 10.4. The van der Waals surface area contributed by atoms with Gasteiger partial charge in [0.25, 0.3) is 0 Å². The largest absolute Gasteiger partial charge is 0.398 e. The molecule has 1 fully saturated rings. The Morgan fingerprint density at radius 3 is 2.70 bits per heavy atom. The summed E-state index contributed by atoms with van der Waals surface area (Å²) >= 11 is 0. The van der Waals surface area contributed by atoms with Crippen LogP contribution in [-0.4, -0.2) is 18.1 Å². The van der Waals surface area contributed by atoms with Crippen LogP contribution in [0.4, 0.5) is 11.4 Å². The van der Waals surface area contributed by atoms with Crippen LogP contribution in [0.2, 0.25) is 0 Å². The van der Waals surface area contributed by atoms with Gasteiger partial charge in [0.15, 0.2) is 0 Å². The van der Waals surface area contributed by atoms with Crippen molar-refractivity contribution in [3.63, 3.8) is 0 Å². The molecule has 1 saturated heterocycles. The maximum absolute atomic E-state index is 6.13. The highest BCUT2D eigenvalue weighted by atomic mass is 15.1. The highest BCUT2D eigenvalue weighted by Gasteiger charge is 2.17.